The Labute approximate surface area is 458 Å². The van der Waals surface area contributed by atoms with Crippen molar-refractivity contribution in [3.63, 3.8) is 0 Å². The van der Waals surface area contributed by atoms with Crippen LogP contribution in [-0.2, 0) is 52.2 Å². The van der Waals surface area contributed by atoms with Crippen LogP contribution in [0.1, 0.15) is 76.5 Å². The predicted octanol–water partition coefficient (Wildman–Crippen LogP) is 0.876. The number of carbonyl (C=O) groups excluding carboxylic acids is 7. The van der Waals surface area contributed by atoms with Gasteiger partial charge < -0.3 is 74.2 Å². The van der Waals surface area contributed by atoms with Gasteiger partial charge in [-0.05, 0) is 105 Å². The average Bonchev–Trinajstić information content (AvgIpc) is 3.39. The van der Waals surface area contributed by atoms with Crippen LogP contribution in [0, 0.1) is 17.8 Å². The van der Waals surface area contributed by atoms with Gasteiger partial charge in [0.2, 0.25) is 29.5 Å². The Morgan fingerprint density at radius 3 is 1.65 bits per heavy atom. The molecule has 0 aliphatic rings. The Bertz CT molecular complexity index is 2440. The molecular weight excluding hydrogens is 1030 g/mol. The smallest absolute Gasteiger partial charge is 0.246 e. The van der Waals surface area contributed by atoms with Crippen molar-refractivity contribution in [2.24, 2.45) is 39.9 Å². The van der Waals surface area contributed by atoms with Crippen molar-refractivity contribution in [3.8, 4) is 11.5 Å². The fourth-order valence-corrected chi connectivity index (χ4v) is 9.19. The largest absolute Gasteiger partial charge is 0.508 e. The molecule has 0 bridgehead atoms. The van der Waals surface area contributed by atoms with Gasteiger partial charge in [0.15, 0.2) is 17.5 Å². The normalized spacial score (nSPS) is 13.8. The van der Waals surface area contributed by atoms with E-state index in [9.17, 15) is 59.1 Å². The molecular formula is C53H76N10O12S2. The van der Waals surface area contributed by atoms with Gasteiger partial charge in [-0.3, -0.25) is 38.6 Å². The first-order valence-electron chi connectivity index (χ1n) is 25.4. The number of hydrogen-bond acceptors (Lipinski definition) is 16. The molecule has 0 aliphatic heterocycles. The van der Waals surface area contributed by atoms with E-state index in [1.54, 1.807) is 12.1 Å². The third-order valence-corrected chi connectivity index (χ3v) is 13.9. The van der Waals surface area contributed by atoms with E-state index in [2.05, 4.69) is 36.5 Å². The molecule has 7 atom stereocenters. The number of Topliss-reactive ketones (excluding diaryl/α,β-unsaturated/α-hetero) is 2. The second-order valence-electron chi connectivity index (χ2n) is 18.9. The standard InChI is InChI=1S/C53H76N10O12S2/c1-5-63(6-2)53(76)77-30-34-9-15-37(16-10-34)58-50(74)42(22-31(3)4)60-51(75)44(29-66)62-47(71)35(23-32-11-17-38(67)18-12-32)25-45(69)41(24-33-13-19-39(68)20-14-33)59-48(72)36(27-64)26-46(70)43(28-65)61-49(73)40(54)8-7-21-57-52(55)56/h9-20,31,35-36,40-44,64-68H,5-8,21-30,54H2,1-4H3,(H,58,74)(H,59,72)(H,60,75)(H,61,73)(H,62,71)(H4,55,56,57)/t35-,36+,40+,41+,42+,43+,44+/m0/s1. The molecule has 0 aromatic heterocycles. The number of nitrogens with one attached hydrogen (secondary N) is 5. The number of hydrogen-bond donors (Lipinski definition) is 13. The molecule has 0 fully saturated rings. The van der Waals surface area contributed by atoms with Gasteiger partial charge in [-0.15, -0.1) is 0 Å². The molecule has 3 rings (SSSR count). The Morgan fingerprint density at radius 1 is 0.623 bits per heavy atom. The molecule has 422 valence electrons. The van der Waals surface area contributed by atoms with Crippen LogP contribution in [0.5, 0.6) is 11.5 Å². The third-order valence-electron chi connectivity index (χ3n) is 12.3. The maximum Gasteiger partial charge on any atom is 0.246 e. The lowest BCUT2D eigenvalue weighted by Gasteiger charge is -2.26. The van der Waals surface area contributed by atoms with Gasteiger partial charge in [0.25, 0.3) is 0 Å². The van der Waals surface area contributed by atoms with Crippen molar-refractivity contribution in [2.75, 3.05) is 44.8 Å². The number of thiocarbonyl (C=S) groups is 1. The van der Waals surface area contributed by atoms with Gasteiger partial charge in [0, 0.05) is 49.8 Å². The molecule has 0 unspecified atom stereocenters. The number of nitrogens with zero attached hydrogens (tertiary/aromatic N) is 2. The Hall–Kier alpha value is -6.70. The minimum absolute atomic E-state index is 0.0775. The first kappa shape index (κ1) is 64.6. The summed E-state index contributed by atoms with van der Waals surface area (Å²) in [6, 6.07) is 11.9. The number of rotatable bonds is 33. The summed E-state index contributed by atoms with van der Waals surface area (Å²) in [4.78, 5) is 102. The molecule has 3 aromatic rings. The number of carbonyl (C=O) groups is 7. The molecule has 22 nitrogen and oxygen atoms in total. The maximum atomic E-state index is 14.5. The number of aliphatic hydroxyl groups is 3. The zero-order valence-corrected chi connectivity index (χ0v) is 45.6. The van der Waals surface area contributed by atoms with Gasteiger partial charge >= 0.3 is 0 Å². The highest BCUT2D eigenvalue weighted by Gasteiger charge is 2.35. The van der Waals surface area contributed by atoms with E-state index >= 15 is 0 Å². The van der Waals surface area contributed by atoms with Crippen molar-refractivity contribution < 1.29 is 59.1 Å². The monoisotopic (exact) mass is 1110 g/mol. The molecule has 0 heterocycles. The molecule has 77 heavy (non-hydrogen) atoms. The lowest BCUT2D eigenvalue weighted by molar-refractivity contribution is -0.136. The summed E-state index contributed by atoms with van der Waals surface area (Å²) in [6.07, 6.45) is -0.961. The number of phenolic OH excluding ortho intramolecular Hbond substituents is 2. The highest BCUT2D eigenvalue weighted by Crippen LogP contribution is 2.22. The number of phenols is 2. The van der Waals surface area contributed by atoms with Crippen LogP contribution in [0.25, 0.3) is 0 Å². The number of nitrogens with two attached hydrogens (primary N) is 3. The van der Waals surface area contributed by atoms with Crippen LogP contribution in [-0.4, -0.2) is 151 Å². The predicted molar refractivity (Wildman–Crippen MR) is 298 cm³/mol. The Balaban J connectivity index is 1.83. The highest BCUT2D eigenvalue weighted by atomic mass is 32.2. The van der Waals surface area contributed by atoms with Crippen LogP contribution in [0.4, 0.5) is 5.69 Å². The molecule has 0 saturated carbocycles. The second kappa shape index (κ2) is 33.5. The highest BCUT2D eigenvalue weighted by molar-refractivity contribution is 8.22. The Morgan fingerprint density at radius 2 is 1.12 bits per heavy atom. The number of thioether (sulfide) groups is 1. The number of aromatic hydroxyl groups is 2. The molecule has 24 heteroatoms. The van der Waals surface area contributed by atoms with Crippen molar-refractivity contribution in [2.45, 2.75) is 109 Å². The second-order valence-corrected chi connectivity index (χ2v) is 20.5. The number of benzene rings is 3. The first-order valence-corrected chi connectivity index (χ1v) is 26.8. The van der Waals surface area contributed by atoms with E-state index in [-0.39, 0.29) is 55.6 Å². The van der Waals surface area contributed by atoms with E-state index in [0.29, 0.717) is 29.0 Å². The van der Waals surface area contributed by atoms with Gasteiger partial charge in [0.05, 0.1) is 37.8 Å². The summed E-state index contributed by atoms with van der Waals surface area (Å²) in [7, 11) is 0. The maximum absolute atomic E-state index is 14.5. The van der Waals surface area contributed by atoms with Gasteiger partial charge in [-0.25, -0.2) is 0 Å². The van der Waals surface area contributed by atoms with Gasteiger partial charge in [-0.1, -0.05) is 74.2 Å². The average molecular weight is 1110 g/mol. The van der Waals surface area contributed by atoms with Crippen LogP contribution < -0.4 is 43.8 Å². The summed E-state index contributed by atoms with van der Waals surface area (Å²) in [6.45, 7) is 6.90. The summed E-state index contributed by atoms with van der Waals surface area (Å²) in [5.74, 6) is -8.11. The van der Waals surface area contributed by atoms with Crippen LogP contribution >= 0.6 is 24.0 Å². The van der Waals surface area contributed by atoms with Gasteiger partial charge in [-0.2, -0.15) is 0 Å². The number of aliphatic imine (C=N–C) groups is 1. The fraction of sp³-hybridized carbons (Fsp3) is 0.491. The van der Waals surface area contributed by atoms with E-state index in [1.165, 1.54) is 60.3 Å². The fourth-order valence-electron chi connectivity index (χ4n) is 7.84. The van der Waals surface area contributed by atoms with Crippen LogP contribution in [0.2, 0.25) is 0 Å². The van der Waals surface area contributed by atoms with E-state index in [4.69, 9.17) is 29.4 Å². The zero-order valence-electron chi connectivity index (χ0n) is 44.0. The van der Waals surface area contributed by atoms with Gasteiger partial charge in [0.1, 0.15) is 33.9 Å². The molecule has 3 aromatic carbocycles. The molecule has 0 saturated heterocycles. The number of guanidine groups is 1. The number of anilines is 1. The van der Waals surface area contributed by atoms with E-state index < -0.39 is 116 Å². The SMILES string of the molecule is CCN(CC)C(=S)SCc1ccc(NC(=O)[C@@H](CC(C)C)NC(=O)[C@@H](CO)NC(=O)[C@H](CC(=O)[C@@H](Cc2ccc(O)cc2)NC(=O)[C@@H](CO)CC(=O)[C@@H](CO)NC(=O)[C@H](N)CCCN=C(N)N)Cc2ccc(O)cc2)cc1. The topological polar surface area (TPSA) is 374 Å². The number of aliphatic hydroxyl groups excluding tert-OH is 3. The number of amides is 5. The van der Waals surface area contributed by atoms with E-state index in [1.807, 2.05) is 39.8 Å². The quantitative estimate of drug-likeness (QED) is 0.0174. The summed E-state index contributed by atoms with van der Waals surface area (Å²) in [5, 5.41) is 63.8. The molecule has 0 spiro atoms. The lowest BCUT2D eigenvalue weighted by atomic mass is 9.89. The Kier molecular flexibility index (Phi) is 28.1. The van der Waals surface area contributed by atoms with Crippen molar-refractivity contribution in [1.29, 1.82) is 0 Å². The van der Waals surface area contributed by atoms with Crippen molar-refractivity contribution in [3.05, 3.63) is 89.5 Å². The summed E-state index contributed by atoms with van der Waals surface area (Å²) in [5.41, 5.74) is 19.0. The lowest BCUT2D eigenvalue weighted by Crippen LogP contribution is -2.55. The zero-order chi connectivity index (χ0) is 57.2. The van der Waals surface area contributed by atoms with Crippen molar-refractivity contribution >= 4 is 81.0 Å². The van der Waals surface area contributed by atoms with E-state index in [0.717, 1.165) is 23.0 Å². The minimum Gasteiger partial charge on any atom is -0.508 e. The molecule has 16 N–H and O–H groups in total. The van der Waals surface area contributed by atoms with Crippen LogP contribution in [0.3, 0.4) is 0 Å². The van der Waals surface area contributed by atoms with Crippen LogP contribution in [0.15, 0.2) is 77.8 Å². The summed E-state index contributed by atoms with van der Waals surface area (Å²) < 4.78 is 0.786. The summed E-state index contributed by atoms with van der Waals surface area (Å²) >= 11 is 7.08. The molecule has 0 radical (unpaired) electrons. The minimum atomic E-state index is -1.60. The molecule has 5 amide bonds. The van der Waals surface area contributed by atoms with Crippen molar-refractivity contribution in [1.82, 2.24) is 26.2 Å². The molecule has 0 aliphatic carbocycles. The number of ketones is 2. The first-order chi connectivity index (χ1) is 36.6. The third kappa shape index (κ3) is 22.8.